The number of ether oxygens (including phenoxy) is 3. The Hall–Kier alpha value is -2.51. The van der Waals surface area contributed by atoms with Gasteiger partial charge in [-0.05, 0) is 74.7 Å². The summed E-state index contributed by atoms with van der Waals surface area (Å²) in [6.07, 6.45) is 3.77. The van der Waals surface area contributed by atoms with Crippen molar-refractivity contribution in [3.63, 3.8) is 0 Å². The van der Waals surface area contributed by atoms with E-state index in [1.807, 2.05) is 55.5 Å². The molecule has 0 amide bonds. The third-order valence-electron chi connectivity index (χ3n) is 5.06. The van der Waals surface area contributed by atoms with E-state index in [4.69, 9.17) is 14.2 Å². The Morgan fingerprint density at radius 1 is 1.03 bits per heavy atom. The molecule has 0 spiro atoms. The number of nitrogens with zero attached hydrogens (tertiary/aromatic N) is 3. The fraction of sp³-hybridized carbons (Fsp3) is 0.391. The molecule has 1 aromatic heterocycles. The van der Waals surface area contributed by atoms with Gasteiger partial charge in [-0.2, -0.15) is 0 Å². The smallest absolute Gasteiger partial charge is 0.196 e. The molecule has 1 atom stereocenters. The van der Waals surface area contributed by atoms with E-state index in [0.29, 0.717) is 6.61 Å². The SMILES string of the molecule is CCOc1ccc(-n2c(SC[C@@H]3CCCCO3)nnc2-c2ccc(OC)cc2)cc1. The molecule has 1 fully saturated rings. The normalized spacial score (nSPS) is 16.4. The van der Waals surface area contributed by atoms with Crippen molar-refractivity contribution in [3.8, 4) is 28.6 Å². The maximum Gasteiger partial charge on any atom is 0.196 e. The highest BCUT2D eigenvalue weighted by molar-refractivity contribution is 7.99. The molecule has 1 aliphatic heterocycles. The molecule has 7 heteroatoms. The van der Waals surface area contributed by atoms with Gasteiger partial charge in [0.05, 0.1) is 19.8 Å². The van der Waals surface area contributed by atoms with E-state index in [0.717, 1.165) is 58.9 Å². The summed E-state index contributed by atoms with van der Waals surface area (Å²) in [6.45, 7) is 3.48. The lowest BCUT2D eigenvalue weighted by molar-refractivity contribution is 0.0315. The number of aromatic nitrogens is 3. The summed E-state index contributed by atoms with van der Waals surface area (Å²) in [5.74, 6) is 3.34. The Morgan fingerprint density at radius 2 is 1.80 bits per heavy atom. The standard InChI is InChI=1S/C23H27N3O3S/c1-3-28-20-13-9-18(10-14-20)26-22(17-7-11-19(27-2)12-8-17)24-25-23(26)30-16-21-6-4-5-15-29-21/h7-14,21H,3-6,15-16H2,1-2H3/t21-/m0/s1. The van der Waals surface area contributed by atoms with E-state index in [-0.39, 0.29) is 6.10 Å². The zero-order valence-corrected chi connectivity index (χ0v) is 18.2. The predicted molar refractivity (Wildman–Crippen MR) is 119 cm³/mol. The monoisotopic (exact) mass is 425 g/mol. The molecule has 1 aliphatic rings. The molecule has 4 rings (SSSR count). The summed E-state index contributed by atoms with van der Waals surface area (Å²) in [5.41, 5.74) is 1.99. The van der Waals surface area contributed by atoms with Crippen LogP contribution in [0, 0.1) is 0 Å². The van der Waals surface area contributed by atoms with E-state index in [2.05, 4.69) is 14.8 Å². The highest BCUT2D eigenvalue weighted by Gasteiger charge is 2.20. The van der Waals surface area contributed by atoms with Crippen molar-refractivity contribution in [1.82, 2.24) is 14.8 Å². The van der Waals surface area contributed by atoms with Crippen LogP contribution >= 0.6 is 11.8 Å². The Labute approximate surface area is 181 Å². The number of rotatable bonds is 8. The minimum Gasteiger partial charge on any atom is -0.497 e. The van der Waals surface area contributed by atoms with Crippen molar-refractivity contribution in [1.29, 1.82) is 0 Å². The van der Waals surface area contributed by atoms with E-state index < -0.39 is 0 Å². The lowest BCUT2D eigenvalue weighted by Crippen LogP contribution is -2.21. The van der Waals surface area contributed by atoms with Crippen LogP contribution in [0.1, 0.15) is 26.2 Å². The second-order valence-corrected chi connectivity index (χ2v) is 8.08. The van der Waals surface area contributed by atoms with Crippen molar-refractivity contribution >= 4 is 11.8 Å². The molecule has 0 N–H and O–H groups in total. The molecule has 0 unspecified atom stereocenters. The van der Waals surface area contributed by atoms with Crippen LogP contribution in [0.2, 0.25) is 0 Å². The summed E-state index contributed by atoms with van der Waals surface area (Å²) in [6, 6.07) is 15.9. The van der Waals surface area contributed by atoms with Gasteiger partial charge < -0.3 is 14.2 Å². The zero-order chi connectivity index (χ0) is 20.8. The van der Waals surface area contributed by atoms with Crippen molar-refractivity contribution in [2.24, 2.45) is 0 Å². The van der Waals surface area contributed by atoms with Gasteiger partial charge in [0, 0.05) is 23.6 Å². The molecule has 6 nitrogen and oxygen atoms in total. The largest absolute Gasteiger partial charge is 0.497 e. The molecule has 1 saturated heterocycles. The number of thioether (sulfide) groups is 1. The van der Waals surface area contributed by atoms with Gasteiger partial charge >= 0.3 is 0 Å². The van der Waals surface area contributed by atoms with Crippen LogP contribution in [0.25, 0.3) is 17.1 Å². The summed E-state index contributed by atoms with van der Waals surface area (Å²) in [7, 11) is 1.67. The highest BCUT2D eigenvalue weighted by atomic mass is 32.2. The van der Waals surface area contributed by atoms with Crippen molar-refractivity contribution < 1.29 is 14.2 Å². The van der Waals surface area contributed by atoms with E-state index in [9.17, 15) is 0 Å². The van der Waals surface area contributed by atoms with Gasteiger partial charge in [0.25, 0.3) is 0 Å². The van der Waals surface area contributed by atoms with Crippen molar-refractivity contribution in [3.05, 3.63) is 48.5 Å². The average Bonchev–Trinajstić information content (AvgIpc) is 3.23. The Kier molecular flexibility index (Phi) is 6.92. The van der Waals surface area contributed by atoms with Gasteiger partial charge in [0.1, 0.15) is 11.5 Å². The van der Waals surface area contributed by atoms with Gasteiger partial charge in [-0.3, -0.25) is 4.57 Å². The minimum absolute atomic E-state index is 0.277. The third kappa shape index (κ3) is 4.79. The number of methoxy groups -OCH3 is 1. The molecular formula is C23H27N3O3S. The van der Waals surface area contributed by atoms with Gasteiger partial charge in [-0.25, -0.2) is 0 Å². The Morgan fingerprint density at radius 3 is 2.47 bits per heavy atom. The van der Waals surface area contributed by atoms with Crippen LogP contribution in [-0.2, 0) is 4.74 Å². The predicted octanol–water partition coefficient (Wildman–Crippen LogP) is 5.00. The summed E-state index contributed by atoms with van der Waals surface area (Å²) < 4.78 is 18.9. The van der Waals surface area contributed by atoms with E-state index in [1.165, 1.54) is 6.42 Å². The van der Waals surface area contributed by atoms with Crippen LogP contribution in [0.4, 0.5) is 0 Å². The maximum absolute atomic E-state index is 5.90. The summed E-state index contributed by atoms with van der Waals surface area (Å²) in [4.78, 5) is 0. The number of benzene rings is 2. The summed E-state index contributed by atoms with van der Waals surface area (Å²) in [5, 5.41) is 9.89. The van der Waals surface area contributed by atoms with Crippen LogP contribution in [0.15, 0.2) is 53.7 Å². The molecule has 0 aliphatic carbocycles. The van der Waals surface area contributed by atoms with E-state index >= 15 is 0 Å². The lowest BCUT2D eigenvalue weighted by Gasteiger charge is -2.22. The van der Waals surface area contributed by atoms with E-state index in [1.54, 1.807) is 18.9 Å². The van der Waals surface area contributed by atoms with Crippen molar-refractivity contribution in [2.45, 2.75) is 37.4 Å². The summed E-state index contributed by atoms with van der Waals surface area (Å²) >= 11 is 1.69. The lowest BCUT2D eigenvalue weighted by atomic mass is 10.1. The molecular weight excluding hydrogens is 398 g/mol. The number of hydrogen-bond donors (Lipinski definition) is 0. The van der Waals surface area contributed by atoms with Crippen LogP contribution in [0.3, 0.4) is 0 Å². The minimum atomic E-state index is 0.277. The third-order valence-corrected chi connectivity index (χ3v) is 6.12. The zero-order valence-electron chi connectivity index (χ0n) is 17.4. The molecule has 30 heavy (non-hydrogen) atoms. The Bertz CT molecular complexity index is 935. The van der Waals surface area contributed by atoms with Gasteiger partial charge in [0.15, 0.2) is 11.0 Å². The fourth-order valence-corrected chi connectivity index (χ4v) is 4.51. The van der Waals surface area contributed by atoms with Gasteiger partial charge in [-0.15, -0.1) is 10.2 Å². The Balaban J connectivity index is 1.65. The second-order valence-electron chi connectivity index (χ2n) is 7.10. The molecule has 2 aromatic carbocycles. The molecule has 0 radical (unpaired) electrons. The molecule has 158 valence electrons. The first kappa shape index (κ1) is 20.8. The molecule has 2 heterocycles. The molecule has 0 saturated carbocycles. The second kappa shape index (κ2) is 10.00. The molecule has 3 aromatic rings. The number of hydrogen-bond acceptors (Lipinski definition) is 6. The van der Waals surface area contributed by atoms with Gasteiger partial charge in [0.2, 0.25) is 0 Å². The topological polar surface area (TPSA) is 58.4 Å². The quantitative estimate of drug-likeness (QED) is 0.473. The molecule has 0 bridgehead atoms. The van der Waals surface area contributed by atoms with Crippen LogP contribution in [-0.4, -0.2) is 46.9 Å². The van der Waals surface area contributed by atoms with Gasteiger partial charge in [-0.1, -0.05) is 11.8 Å². The average molecular weight is 426 g/mol. The first-order valence-corrected chi connectivity index (χ1v) is 11.3. The van der Waals surface area contributed by atoms with Crippen LogP contribution < -0.4 is 9.47 Å². The first-order chi connectivity index (χ1) is 14.8. The van der Waals surface area contributed by atoms with Crippen LogP contribution in [0.5, 0.6) is 11.5 Å². The first-order valence-electron chi connectivity index (χ1n) is 10.4. The maximum atomic E-state index is 5.90. The highest BCUT2D eigenvalue weighted by Crippen LogP contribution is 2.31. The fourth-order valence-electron chi connectivity index (χ4n) is 3.49. The van der Waals surface area contributed by atoms with Crippen molar-refractivity contribution in [2.75, 3.05) is 26.1 Å².